The minimum absolute atomic E-state index is 0.198. The number of fused-ring (bicyclic) bond motifs is 1. The normalized spacial score (nSPS) is 19.6. The number of nitrogens with zero attached hydrogens (tertiary/aromatic N) is 3. The number of halogens is 1. The van der Waals surface area contributed by atoms with Gasteiger partial charge in [0, 0.05) is 4.47 Å². The van der Waals surface area contributed by atoms with Crippen molar-refractivity contribution in [2.45, 2.75) is 31.8 Å². The van der Waals surface area contributed by atoms with Crippen molar-refractivity contribution in [3.05, 3.63) is 76.0 Å². The zero-order valence-electron chi connectivity index (χ0n) is 13.5. The van der Waals surface area contributed by atoms with E-state index >= 15 is 0 Å². The Balaban J connectivity index is 1.69. The molecule has 1 N–H and O–H groups in total. The van der Waals surface area contributed by atoms with Crippen LogP contribution in [-0.4, -0.2) is 14.8 Å². The predicted octanol–water partition coefficient (Wildman–Crippen LogP) is 4.75. The average Bonchev–Trinajstić information content (AvgIpc) is 3.10. The fourth-order valence-corrected chi connectivity index (χ4v) is 3.55. The zero-order valence-corrected chi connectivity index (χ0v) is 15.1. The van der Waals surface area contributed by atoms with Crippen LogP contribution in [0.2, 0.25) is 0 Å². The predicted molar refractivity (Wildman–Crippen MR) is 99.1 cm³/mol. The van der Waals surface area contributed by atoms with Crippen LogP contribution < -0.4 is 5.32 Å². The lowest BCUT2D eigenvalue weighted by Crippen LogP contribution is -2.28. The standard InChI is InChI=1S/C19H19BrN4/c1-2-13-3-5-15(6-4-13)18-11-17(14-7-9-16(20)10-8-14)23-19-21-12-22-24(18)19/h3-10,12,17-18H,2,11H2,1H3,(H,21,22,23)/t17-,18+/m0/s1. The van der Waals surface area contributed by atoms with Crippen molar-refractivity contribution in [2.24, 2.45) is 0 Å². The van der Waals surface area contributed by atoms with Gasteiger partial charge in [-0.25, -0.2) is 4.68 Å². The van der Waals surface area contributed by atoms with E-state index in [1.54, 1.807) is 6.33 Å². The molecular weight excluding hydrogens is 364 g/mol. The third kappa shape index (κ3) is 2.84. The third-order valence-corrected chi connectivity index (χ3v) is 5.20. The van der Waals surface area contributed by atoms with E-state index in [0.29, 0.717) is 0 Å². The van der Waals surface area contributed by atoms with Crippen LogP contribution in [0.4, 0.5) is 5.95 Å². The molecule has 0 saturated carbocycles. The van der Waals surface area contributed by atoms with Crippen LogP contribution in [-0.2, 0) is 6.42 Å². The molecule has 122 valence electrons. The SMILES string of the molecule is CCc1ccc([C@H]2C[C@@H](c3ccc(Br)cc3)Nc3ncnn32)cc1. The second kappa shape index (κ2) is 6.40. The van der Waals surface area contributed by atoms with E-state index in [9.17, 15) is 0 Å². The van der Waals surface area contributed by atoms with Crippen LogP contribution in [0.3, 0.4) is 0 Å². The molecule has 5 heteroatoms. The van der Waals surface area contributed by atoms with Gasteiger partial charge in [0.05, 0.1) is 12.1 Å². The van der Waals surface area contributed by atoms with Gasteiger partial charge in [-0.15, -0.1) is 0 Å². The Hall–Kier alpha value is -2.14. The van der Waals surface area contributed by atoms with Crippen molar-refractivity contribution in [1.82, 2.24) is 14.8 Å². The summed E-state index contributed by atoms with van der Waals surface area (Å²) in [5.41, 5.74) is 3.90. The molecule has 2 aromatic carbocycles. The minimum Gasteiger partial charge on any atom is -0.348 e. The molecule has 0 spiro atoms. The summed E-state index contributed by atoms with van der Waals surface area (Å²) in [6.07, 6.45) is 3.63. The molecule has 3 aromatic rings. The highest BCUT2D eigenvalue weighted by atomic mass is 79.9. The van der Waals surface area contributed by atoms with Gasteiger partial charge in [-0.3, -0.25) is 0 Å². The number of aromatic nitrogens is 3. The van der Waals surface area contributed by atoms with Gasteiger partial charge in [0.2, 0.25) is 5.95 Å². The topological polar surface area (TPSA) is 42.7 Å². The maximum atomic E-state index is 4.43. The van der Waals surface area contributed by atoms with Gasteiger partial charge in [0.1, 0.15) is 6.33 Å². The highest BCUT2D eigenvalue weighted by Crippen LogP contribution is 2.37. The number of rotatable bonds is 3. The number of benzene rings is 2. The summed E-state index contributed by atoms with van der Waals surface area (Å²) in [5.74, 6) is 0.832. The second-order valence-electron chi connectivity index (χ2n) is 6.12. The van der Waals surface area contributed by atoms with Crippen molar-refractivity contribution in [3.63, 3.8) is 0 Å². The van der Waals surface area contributed by atoms with E-state index in [1.165, 1.54) is 16.7 Å². The molecule has 1 aliphatic heterocycles. The maximum Gasteiger partial charge on any atom is 0.222 e. The Kier molecular flexibility index (Phi) is 4.10. The lowest BCUT2D eigenvalue weighted by atomic mass is 9.93. The van der Waals surface area contributed by atoms with Crippen molar-refractivity contribution in [1.29, 1.82) is 0 Å². The van der Waals surface area contributed by atoms with Crippen LogP contribution in [0.1, 0.15) is 42.1 Å². The van der Waals surface area contributed by atoms with Crippen LogP contribution in [0.15, 0.2) is 59.3 Å². The summed E-state index contributed by atoms with van der Waals surface area (Å²) in [4.78, 5) is 4.39. The first-order valence-corrected chi connectivity index (χ1v) is 9.04. The lowest BCUT2D eigenvalue weighted by Gasteiger charge is -2.32. The first-order chi connectivity index (χ1) is 11.7. The Labute approximate surface area is 150 Å². The largest absolute Gasteiger partial charge is 0.348 e. The van der Waals surface area contributed by atoms with Crippen LogP contribution in [0, 0.1) is 0 Å². The first-order valence-electron chi connectivity index (χ1n) is 8.25. The molecule has 1 aliphatic rings. The molecule has 1 aromatic heterocycles. The monoisotopic (exact) mass is 382 g/mol. The van der Waals surface area contributed by atoms with E-state index in [4.69, 9.17) is 0 Å². The third-order valence-electron chi connectivity index (χ3n) is 4.68. The molecule has 0 radical (unpaired) electrons. The summed E-state index contributed by atoms with van der Waals surface area (Å²) < 4.78 is 3.09. The van der Waals surface area contributed by atoms with Crippen molar-refractivity contribution in [2.75, 3.05) is 5.32 Å². The highest BCUT2D eigenvalue weighted by molar-refractivity contribution is 9.10. The van der Waals surface area contributed by atoms with Crippen LogP contribution >= 0.6 is 15.9 Å². The summed E-state index contributed by atoms with van der Waals surface area (Å²) in [6, 6.07) is 17.8. The smallest absolute Gasteiger partial charge is 0.222 e. The number of nitrogens with one attached hydrogen (secondary N) is 1. The minimum atomic E-state index is 0.198. The molecule has 2 atom stereocenters. The maximum absolute atomic E-state index is 4.43. The molecule has 0 bridgehead atoms. The number of anilines is 1. The summed E-state index contributed by atoms with van der Waals surface area (Å²) >= 11 is 3.50. The summed E-state index contributed by atoms with van der Waals surface area (Å²) in [6.45, 7) is 2.18. The van der Waals surface area contributed by atoms with Gasteiger partial charge >= 0.3 is 0 Å². The van der Waals surface area contributed by atoms with Crippen LogP contribution in [0.25, 0.3) is 0 Å². The molecule has 4 nitrogen and oxygen atoms in total. The highest BCUT2D eigenvalue weighted by Gasteiger charge is 2.29. The quantitative estimate of drug-likeness (QED) is 0.710. The van der Waals surface area contributed by atoms with Crippen molar-refractivity contribution < 1.29 is 0 Å². The Morgan fingerprint density at radius 3 is 2.50 bits per heavy atom. The van der Waals surface area contributed by atoms with Gasteiger partial charge < -0.3 is 5.32 Å². The van der Waals surface area contributed by atoms with Crippen LogP contribution in [0.5, 0.6) is 0 Å². The van der Waals surface area contributed by atoms with Crippen molar-refractivity contribution in [3.8, 4) is 0 Å². The summed E-state index contributed by atoms with van der Waals surface area (Å²) in [5, 5.41) is 7.94. The molecule has 0 amide bonds. The Morgan fingerprint density at radius 2 is 1.79 bits per heavy atom. The number of hydrogen-bond acceptors (Lipinski definition) is 3. The molecule has 2 heterocycles. The average molecular weight is 383 g/mol. The van der Waals surface area contributed by atoms with Gasteiger partial charge in [-0.05, 0) is 41.7 Å². The molecule has 0 saturated heterocycles. The Bertz CT molecular complexity index is 823. The molecule has 24 heavy (non-hydrogen) atoms. The van der Waals surface area contributed by atoms with Gasteiger partial charge in [0.15, 0.2) is 0 Å². The van der Waals surface area contributed by atoms with Gasteiger partial charge in [0.25, 0.3) is 0 Å². The summed E-state index contributed by atoms with van der Waals surface area (Å²) in [7, 11) is 0. The molecule has 4 rings (SSSR count). The van der Waals surface area contributed by atoms with E-state index in [1.807, 2.05) is 4.68 Å². The van der Waals surface area contributed by atoms with Gasteiger partial charge in [-0.2, -0.15) is 10.1 Å². The Morgan fingerprint density at radius 1 is 1.08 bits per heavy atom. The van der Waals surface area contributed by atoms with E-state index in [-0.39, 0.29) is 12.1 Å². The van der Waals surface area contributed by atoms with Gasteiger partial charge in [-0.1, -0.05) is 59.3 Å². The first kappa shape index (κ1) is 15.4. The van der Waals surface area contributed by atoms with E-state index in [2.05, 4.69) is 86.8 Å². The molecule has 0 aliphatic carbocycles. The van der Waals surface area contributed by atoms with E-state index in [0.717, 1.165) is 23.3 Å². The molecular formula is C19H19BrN4. The zero-order chi connectivity index (χ0) is 16.5. The van der Waals surface area contributed by atoms with E-state index < -0.39 is 0 Å². The molecule has 0 fully saturated rings. The number of hydrogen-bond donors (Lipinski definition) is 1. The number of aryl methyl sites for hydroxylation is 1. The second-order valence-corrected chi connectivity index (χ2v) is 7.04. The fraction of sp³-hybridized carbons (Fsp3) is 0.263. The fourth-order valence-electron chi connectivity index (χ4n) is 3.29. The van der Waals surface area contributed by atoms with Crippen molar-refractivity contribution >= 4 is 21.9 Å². The lowest BCUT2D eigenvalue weighted by molar-refractivity contribution is 0.431. The molecule has 0 unspecified atom stereocenters.